The van der Waals surface area contributed by atoms with Crippen LogP contribution in [0, 0.1) is 0 Å². The molecule has 0 aliphatic carbocycles. The molecule has 1 aromatic rings. The summed E-state index contributed by atoms with van der Waals surface area (Å²) in [7, 11) is 1.73. The predicted octanol–water partition coefficient (Wildman–Crippen LogP) is 3.13. The lowest BCUT2D eigenvalue weighted by molar-refractivity contribution is 0.181. The van der Waals surface area contributed by atoms with Crippen LogP contribution in [0.25, 0.3) is 0 Å². The molecule has 0 saturated carbocycles. The maximum absolute atomic E-state index is 5.21. The van der Waals surface area contributed by atoms with E-state index in [2.05, 4.69) is 31.1 Å². The third kappa shape index (κ3) is 5.15. The van der Waals surface area contributed by atoms with E-state index in [1.54, 1.807) is 7.11 Å². The summed E-state index contributed by atoms with van der Waals surface area (Å²) in [6.07, 6.45) is 3.54. The van der Waals surface area contributed by atoms with E-state index in [9.17, 15) is 0 Å². The Bertz CT molecular complexity index is 323. The zero-order chi connectivity index (χ0) is 12.7. The molecule has 3 nitrogen and oxygen atoms in total. The summed E-state index contributed by atoms with van der Waals surface area (Å²) in [4.78, 5) is 5.99. The third-order valence-electron chi connectivity index (χ3n) is 2.52. The molecule has 0 saturated heterocycles. The second-order valence-corrected chi connectivity index (χ2v) is 5.72. The van der Waals surface area contributed by atoms with Gasteiger partial charge in [0.1, 0.15) is 0 Å². The van der Waals surface area contributed by atoms with Crippen molar-refractivity contribution in [3.63, 3.8) is 0 Å². The first-order chi connectivity index (χ1) is 8.17. The van der Waals surface area contributed by atoms with Crippen LogP contribution in [0.15, 0.2) is 0 Å². The average Bonchev–Trinajstić information content (AvgIpc) is 2.67. The van der Waals surface area contributed by atoms with Crippen LogP contribution in [0.4, 0.5) is 0 Å². The zero-order valence-corrected chi connectivity index (χ0v) is 12.2. The van der Waals surface area contributed by atoms with Gasteiger partial charge in [0.2, 0.25) is 0 Å². The number of nitrogens with zero attached hydrogens (tertiary/aromatic N) is 1. The standard InChI is InChI=1S/C13H24N2OS/c1-5-6-7-13-15-11(9-16-4)12(17-13)8-14-10(2)3/h10,14H,5-9H2,1-4H3. The fourth-order valence-corrected chi connectivity index (χ4v) is 2.62. The minimum Gasteiger partial charge on any atom is -0.378 e. The Morgan fingerprint density at radius 3 is 2.76 bits per heavy atom. The van der Waals surface area contributed by atoms with Gasteiger partial charge in [-0.25, -0.2) is 4.98 Å². The van der Waals surface area contributed by atoms with Crippen LogP contribution in [-0.4, -0.2) is 18.1 Å². The van der Waals surface area contributed by atoms with Gasteiger partial charge in [-0.2, -0.15) is 0 Å². The highest BCUT2D eigenvalue weighted by molar-refractivity contribution is 7.11. The highest BCUT2D eigenvalue weighted by Crippen LogP contribution is 2.21. The summed E-state index contributed by atoms with van der Waals surface area (Å²) in [5, 5.41) is 4.69. The average molecular weight is 256 g/mol. The largest absolute Gasteiger partial charge is 0.378 e. The number of hydrogen-bond donors (Lipinski definition) is 1. The van der Waals surface area contributed by atoms with Crippen molar-refractivity contribution < 1.29 is 4.74 Å². The minimum atomic E-state index is 0.506. The van der Waals surface area contributed by atoms with E-state index in [1.807, 2.05) is 11.3 Å². The van der Waals surface area contributed by atoms with Gasteiger partial charge in [-0.15, -0.1) is 11.3 Å². The number of rotatable bonds is 8. The molecule has 1 N–H and O–H groups in total. The van der Waals surface area contributed by atoms with Gasteiger partial charge in [0.15, 0.2) is 0 Å². The lowest BCUT2D eigenvalue weighted by atomic mass is 10.2. The van der Waals surface area contributed by atoms with E-state index in [1.165, 1.54) is 22.7 Å². The number of methoxy groups -OCH3 is 1. The molecular weight excluding hydrogens is 232 g/mol. The summed E-state index contributed by atoms with van der Waals surface area (Å²) in [5.41, 5.74) is 1.11. The molecule has 0 spiro atoms. The van der Waals surface area contributed by atoms with Gasteiger partial charge in [-0.3, -0.25) is 0 Å². The molecule has 4 heteroatoms. The number of nitrogens with one attached hydrogen (secondary N) is 1. The van der Waals surface area contributed by atoms with Crippen LogP contribution in [0.3, 0.4) is 0 Å². The van der Waals surface area contributed by atoms with Gasteiger partial charge in [0.05, 0.1) is 17.3 Å². The molecule has 17 heavy (non-hydrogen) atoms. The van der Waals surface area contributed by atoms with Crippen molar-refractivity contribution in [1.29, 1.82) is 0 Å². The van der Waals surface area contributed by atoms with Gasteiger partial charge in [0, 0.05) is 24.6 Å². The molecule has 0 aliphatic rings. The molecule has 0 atom stereocenters. The highest BCUT2D eigenvalue weighted by Gasteiger charge is 2.10. The second-order valence-electron chi connectivity index (χ2n) is 4.55. The Kier molecular flexibility index (Phi) is 6.70. The topological polar surface area (TPSA) is 34.1 Å². The number of aryl methyl sites for hydroxylation is 1. The van der Waals surface area contributed by atoms with E-state index >= 15 is 0 Å². The molecule has 1 heterocycles. The van der Waals surface area contributed by atoms with Crippen molar-refractivity contribution in [3.8, 4) is 0 Å². The lowest BCUT2D eigenvalue weighted by Crippen LogP contribution is -2.21. The molecule has 0 aliphatic heterocycles. The van der Waals surface area contributed by atoms with Crippen LogP contribution in [0.1, 0.15) is 49.2 Å². The quantitative estimate of drug-likeness (QED) is 0.776. The summed E-state index contributed by atoms with van der Waals surface area (Å²) >= 11 is 1.83. The number of hydrogen-bond acceptors (Lipinski definition) is 4. The Morgan fingerprint density at radius 1 is 1.41 bits per heavy atom. The van der Waals surface area contributed by atoms with Gasteiger partial charge in [-0.05, 0) is 12.8 Å². The monoisotopic (exact) mass is 256 g/mol. The maximum atomic E-state index is 5.21. The van der Waals surface area contributed by atoms with E-state index in [4.69, 9.17) is 4.74 Å². The smallest absolute Gasteiger partial charge is 0.0932 e. The lowest BCUT2D eigenvalue weighted by Gasteiger charge is -2.07. The molecule has 0 fully saturated rings. The maximum Gasteiger partial charge on any atom is 0.0932 e. The Labute approximate surface area is 109 Å². The number of thiazole rings is 1. The summed E-state index contributed by atoms with van der Waals surface area (Å²) in [6.45, 7) is 8.06. The van der Waals surface area contributed by atoms with Crippen LogP contribution >= 0.6 is 11.3 Å². The van der Waals surface area contributed by atoms with Crippen molar-refractivity contribution in [3.05, 3.63) is 15.6 Å². The Balaban J connectivity index is 2.66. The van der Waals surface area contributed by atoms with Crippen molar-refractivity contribution in [1.82, 2.24) is 10.3 Å². The third-order valence-corrected chi connectivity index (χ3v) is 3.68. The second kappa shape index (κ2) is 7.80. The molecule has 0 unspecified atom stereocenters. The molecule has 1 aromatic heterocycles. The van der Waals surface area contributed by atoms with Crippen molar-refractivity contribution in [2.45, 2.75) is 59.2 Å². The van der Waals surface area contributed by atoms with E-state index in [-0.39, 0.29) is 0 Å². The molecule has 0 amide bonds. The minimum absolute atomic E-state index is 0.506. The fraction of sp³-hybridized carbons (Fsp3) is 0.769. The molecular formula is C13H24N2OS. The molecule has 0 aromatic carbocycles. The highest BCUT2D eigenvalue weighted by atomic mass is 32.1. The molecule has 98 valence electrons. The van der Waals surface area contributed by atoms with Crippen LogP contribution < -0.4 is 5.32 Å². The number of ether oxygens (including phenoxy) is 1. The Hall–Kier alpha value is -0.450. The first kappa shape index (κ1) is 14.6. The normalized spacial score (nSPS) is 11.4. The van der Waals surface area contributed by atoms with Crippen molar-refractivity contribution in [2.24, 2.45) is 0 Å². The van der Waals surface area contributed by atoms with Gasteiger partial charge < -0.3 is 10.1 Å². The van der Waals surface area contributed by atoms with Gasteiger partial charge >= 0.3 is 0 Å². The first-order valence-electron chi connectivity index (χ1n) is 6.37. The number of aromatic nitrogens is 1. The van der Waals surface area contributed by atoms with Crippen LogP contribution in [-0.2, 0) is 24.3 Å². The fourth-order valence-electron chi connectivity index (χ4n) is 1.56. The van der Waals surface area contributed by atoms with Crippen LogP contribution in [0.2, 0.25) is 0 Å². The van der Waals surface area contributed by atoms with E-state index < -0.39 is 0 Å². The van der Waals surface area contributed by atoms with Crippen molar-refractivity contribution >= 4 is 11.3 Å². The molecule has 0 radical (unpaired) electrons. The van der Waals surface area contributed by atoms with Crippen molar-refractivity contribution in [2.75, 3.05) is 7.11 Å². The Morgan fingerprint density at radius 2 is 2.18 bits per heavy atom. The number of unbranched alkanes of at least 4 members (excludes halogenated alkanes) is 1. The summed E-state index contributed by atoms with van der Waals surface area (Å²) in [5.74, 6) is 0. The first-order valence-corrected chi connectivity index (χ1v) is 7.18. The van der Waals surface area contributed by atoms with Gasteiger partial charge in [-0.1, -0.05) is 27.2 Å². The van der Waals surface area contributed by atoms with Gasteiger partial charge in [0.25, 0.3) is 0 Å². The van der Waals surface area contributed by atoms with E-state index in [0.717, 1.165) is 18.7 Å². The summed E-state index contributed by atoms with van der Waals surface area (Å²) in [6, 6.07) is 0.506. The predicted molar refractivity (Wildman–Crippen MR) is 73.4 cm³/mol. The summed E-state index contributed by atoms with van der Waals surface area (Å²) < 4.78 is 5.21. The SMILES string of the molecule is CCCCc1nc(COC)c(CNC(C)C)s1. The zero-order valence-electron chi connectivity index (χ0n) is 11.4. The molecule has 0 bridgehead atoms. The van der Waals surface area contributed by atoms with E-state index in [0.29, 0.717) is 12.6 Å². The van der Waals surface area contributed by atoms with Crippen LogP contribution in [0.5, 0.6) is 0 Å². The molecule has 1 rings (SSSR count).